The van der Waals surface area contributed by atoms with Gasteiger partial charge >= 0.3 is 0 Å². The summed E-state index contributed by atoms with van der Waals surface area (Å²) in [5.41, 5.74) is 1.41. The zero-order chi connectivity index (χ0) is 18.3. The summed E-state index contributed by atoms with van der Waals surface area (Å²) in [5.74, 6) is -0.122. The molecule has 2 unspecified atom stereocenters. The standard InChI is InChI=1S/C18H19N5O3/c1-10-20-17(26-22-10)13-9-23(8-12(13)16(24)19-2)18(25)15-7-11-5-3-4-6-14(11)21-15/h3-7,12-13,21H,8-9H2,1-2H3,(H,19,24). The summed E-state index contributed by atoms with van der Waals surface area (Å²) in [6.07, 6.45) is 0. The molecule has 2 aromatic heterocycles. The van der Waals surface area contributed by atoms with Crippen LogP contribution in [0.4, 0.5) is 0 Å². The molecule has 1 aliphatic rings. The molecule has 0 aliphatic carbocycles. The summed E-state index contributed by atoms with van der Waals surface area (Å²) in [6, 6.07) is 9.54. The highest BCUT2D eigenvalue weighted by atomic mass is 16.5. The van der Waals surface area contributed by atoms with E-state index in [0.717, 1.165) is 10.9 Å². The number of para-hydroxylation sites is 1. The highest BCUT2D eigenvalue weighted by Gasteiger charge is 2.43. The fourth-order valence-electron chi connectivity index (χ4n) is 3.49. The number of fused-ring (bicyclic) bond motifs is 1. The lowest BCUT2D eigenvalue weighted by molar-refractivity contribution is -0.124. The second-order valence-corrected chi connectivity index (χ2v) is 6.49. The third-order valence-corrected chi connectivity index (χ3v) is 4.81. The van der Waals surface area contributed by atoms with Gasteiger partial charge in [0, 0.05) is 31.0 Å². The normalized spacial score (nSPS) is 19.8. The van der Waals surface area contributed by atoms with E-state index in [-0.39, 0.29) is 17.7 Å². The van der Waals surface area contributed by atoms with Crippen LogP contribution in [0.5, 0.6) is 0 Å². The van der Waals surface area contributed by atoms with Crippen molar-refractivity contribution in [3.05, 3.63) is 47.7 Å². The number of carbonyl (C=O) groups is 2. The molecule has 3 heterocycles. The van der Waals surface area contributed by atoms with Crippen molar-refractivity contribution in [2.24, 2.45) is 5.92 Å². The number of rotatable bonds is 3. The number of hydrogen-bond donors (Lipinski definition) is 2. The lowest BCUT2D eigenvalue weighted by Crippen LogP contribution is -2.33. The van der Waals surface area contributed by atoms with E-state index in [2.05, 4.69) is 20.4 Å². The smallest absolute Gasteiger partial charge is 0.270 e. The first kappa shape index (κ1) is 16.3. The second-order valence-electron chi connectivity index (χ2n) is 6.49. The molecule has 0 bridgehead atoms. The Labute approximate surface area is 149 Å². The third kappa shape index (κ3) is 2.73. The molecule has 8 heteroatoms. The third-order valence-electron chi connectivity index (χ3n) is 4.81. The van der Waals surface area contributed by atoms with E-state index >= 15 is 0 Å². The zero-order valence-electron chi connectivity index (χ0n) is 14.5. The summed E-state index contributed by atoms with van der Waals surface area (Å²) in [7, 11) is 1.58. The zero-order valence-corrected chi connectivity index (χ0v) is 14.5. The number of aromatic nitrogens is 3. The van der Waals surface area contributed by atoms with Crippen molar-refractivity contribution >= 4 is 22.7 Å². The molecule has 3 aromatic rings. The number of aryl methyl sites for hydroxylation is 1. The molecule has 1 aromatic carbocycles. The number of amides is 2. The molecule has 0 saturated carbocycles. The first-order chi connectivity index (χ1) is 12.6. The molecule has 4 rings (SSSR count). The lowest BCUT2D eigenvalue weighted by atomic mass is 9.95. The number of carbonyl (C=O) groups excluding carboxylic acids is 2. The number of hydrogen-bond acceptors (Lipinski definition) is 5. The van der Waals surface area contributed by atoms with Gasteiger partial charge in [0.25, 0.3) is 5.91 Å². The van der Waals surface area contributed by atoms with Gasteiger partial charge in [0.05, 0.1) is 11.8 Å². The Morgan fingerprint density at radius 1 is 1.31 bits per heavy atom. The van der Waals surface area contributed by atoms with Gasteiger partial charge in [0.2, 0.25) is 11.8 Å². The van der Waals surface area contributed by atoms with Crippen LogP contribution in [0.2, 0.25) is 0 Å². The first-order valence-electron chi connectivity index (χ1n) is 8.45. The van der Waals surface area contributed by atoms with Gasteiger partial charge in [0.15, 0.2) is 5.82 Å². The van der Waals surface area contributed by atoms with Crippen molar-refractivity contribution < 1.29 is 14.1 Å². The quantitative estimate of drug-likeness (QED) is 0.742. The van der Waals surface area contributed by atoms with Gasteiger partial charge < -0.3 is 19.7 Å². The van der Waals surface area contributed by atoms with Crippen LogP contribution in [0.15, 0.2) is 34.9 Å². The molecule has 2 N–H and O–H groups in total. The number of nitrogens with one attached hydrogen (secondary N) is 2. The molecule has 0 spiro atoms. The Morgan fingerprint density at radius 2 is 2.12 bits per heavy atom. The molecular weight excluding hydrogens is 334 g/mol. The van der Waals surface area contributed by atoms with Crippen molar-refractivity contribution in [3.63, 3.8) is 0 Å². The molecule has 8 nitrogen and oxygen atoms in total. The average Bonchev–Trinajstić information content (AvgIpc) is 3.37. The first-order valence-corrected chi connectivity index (χ1v) is 8.45. The molecule has 1 fully saturated rings. The second kappa shape index (κ2) is 6.29. The van der Waals surface area contributed by atoms with Crippen LogP contribution in [0.3, 0.4) is 0 Å². The van der Waals surface area contributed by atoms with Crippen LogP contribution >= 0.6 is 0 Å². The Kier molecular flexibility index (Phi) is 3.95. The monoisotopic (exact) mass is 353 g/mol. The number of likely N-dealkylation sites (tertiary alicyclic amines) is 1. The van der Waals surface area contributed by atoms with Gasteiger partial charge in [-0.1, -0.05) is 23.4 Å². The molecule has 2 amide bonds. The van der Waals surface area contributed by atoms with Crippen molar-refractivity contribution in [2.45, 2.75) is 12.8 Å². The van der Waals surface area contributed by atoms with Gasteiger partial charge in [-0.25, -0.2) is 0 Å². The van der Waals surface area contributed by atoms with Gasteiger partial charge in [-0.15, -0.1) is 0 Å². The highest BCUT2D eigenvalue weighted by molar-refractivity contribution is 5.98. The largest absolute Gasteiger partial charge is 0.359 e. The maximum Gasteiger partial charge on any atom is 0.270 e. The number of nitrogens with zero attached hydrogens (tertiary/aromatic N) is 3. The summed E-state index contributed by atoms with van der Waals surface area (Å²) in [4.78, 5) is 34.3. The van der Waals surface area contributed by atoms with Crippen LogP contribution < -0.4 is 5.32 Å². The van der Waals surface area contributed by atoms with Crippen molar-refractivity contribution in [1.29, 1.82) is 0 Å². The minimum Gasteiger partial charge on any atom is -0.359 e. The van der Waals surface area contributed by atoms with Crippen molar-refractivity contribution in [1.82, 2.24) is 25.3 Å². The molecule has 0 radical (unpaired) electrons. The Morgan fingerprint density at radius 3 is 2.81 bits per heavy atom. The molecule has 26 heavy (non-hydrogen) atoms. The van der Waals surface area contributed by atoms with Crippen LogP contribution in [0.25, 0.3) is 10.9 Å². The van der Waals surface area contributed by atoms with Gasteiger partial charge in [-0.3, -0.25) is 9.59 Å². The predicted octanol–water partition coefficient (Wildman–Crippen LogP) is 1.46. The van der Waals surface area contributed by atoms with Gasteiger partial charge in [-0.05, 0) is 19.1 Å². The fraction of sp³-hybridized carbons (Fsp3) is 0.333. The SMILES string of the molecule is CNC(=O)C1CN(C(=O)c2cc3ccccc3[nH]2)CC1c1nc(C)no1. The van der Waals surface area contributed by atoms with Crippen LogP contribution in [-0.4, -0.2) is 52.0 Å². The van der Waals surface area contributed by atoms with Crippen LogP contribution in [0, 0.1) is 12.8 Å². The highest BCUT2D eigenvalue weighted by Crippen LogP contribution is 2.33. The molecule has 2 atom stereocenters. The van der Waals surface area contributed by atoms with E-state index in [4.69, 9.17) is 4.52 Å². The Balaban J connectivity index is 1.62. The lowest BCUT2D eigenvalue weighted by Gasteiger charge is -2.14. The molecule has 1 aliphatic heterocycles. The molecule has 1 saturated heterocycles. The molecular formula is C18H19N5O3. The summed E-state index contributed by atoms with van der Waals surface area (Å²) < 4.78 is 5.27. The number of aromatic amines is 1. The molecule has 134 valence electrons. The van der Waals surface area contributed by atoms with E-state index in [9.17, 15) is 9.59 Å². The van der Waals surface area contributed by atoms with E-state index < -0.39 is 5.92 Å². The maximum atomic E-state index is 13.0. The predicted molar refractivity (Wildman–Crippen MR) is 93.5 cm³/mol. The van der Waals surface area contributed by atoms with E-state index in [1.807, 2.05) is 30.3 Å². The van der Waals surface area contributed by atoms with Crippen LogP contribution in [0.1, 0.15) is 28.1 Å². The van der Waals surface area contributed by atoms with E-state index in [1.165, 1.54) is 0 Å². The average molecular weight is 353 g/mol. The minimum atomic E-state index is -0.423. The van der Waals surface area contributed by atoms with E-state index in [0.29, 0.717) is 30.5 Å². The summed E-state index contributed by atoms with van der Waals surface area (Å²) in [6.45, 7) is 2.39. The fourth-order valence-corrected chi connectivity index (χ4v) is 3.49. The topological polar surface area (TPSA) is 104 Å². The maximum absolute atomic E-state index is 13.0. The van der Waals surface area contributed by atoms with Gasteiger partial charge in [0.1, 0.15) is 5.69 Å². The minimum absolute atomic E-state index is 0.141. The van der Waals surface area contributed by atoms with E-state index in [1.54, 1.807) is 18.9 Å². The Bertz CT molecular complexity index is 943. The van der Waals surface area contributed by atoms with Crippen molar-refractivity contribution in [3.8, 4) is 0 Å². The van der Waals surface area contributed by atoms with Gasteiger partial charge in [-0.2, -0.15) is 4.98 Å². The summed E-state index contributed by atoms with van der Waals surface area (Å²) >= 11 is 0. The Hall–Kier alpha value is -3.16. The number of benzene rings is 1. The van der Waals surface area contributed by atoms with Crippen LogP contribution in [-0.2, 0) is 4.79 Å². The number of H-pyrrole nitrogens is 1. The van der Waals surface area contributed by atoms with Crippen molar-refractivity contribution in [2.75, 3.05) is 20.1 Å². The summed E-state index contributed by atoms with van der Waals surface area (Å²) in [5, 5.41) is 7.44.